The van der Waals surface area contributed by atoms with Crippen molar-refractivity contribution in [1.29, 1.82) is 0 Å². The minimum absolute atomic E-state index is 0.0236. The first-order valence-corrected chi connectivity index (χ1v) is 7.33. The molecule has 106 valence electrons. The van der Waals surface area contributed by atoms with Crippen molar-refractivity contribution in [2.24, 2.45) is 0 Å². The highest BCUT2D eigenvalue weighted by Crippen LogP contribution is 2.27. The molecule has 1 aromatic heterocycles. The van der Waals surface area contributed by atoms with Crippen LogP contribution in [0.25, 0.3) is 11.0 Å². The average Bonchev–Trinajstić information content (AvgIpc) is 2.52. The molecule has 3 aromatic rings. The number of aryl methyl sites for hydroxylation is 1. The summed E-state index contributed by atoms with van der Waals surface area (Å²) in [6.45, 7) is 2.03. The predicted octanol–water partition coefficient (Wildman–Crippen LogP) is 4.26. The van der Waals surface area contributed by atoms with E-state index in [-0.39, 0.29) is 5.43 Å². The number of fused-ring (bicyclic) bond motifs is 1. The Kier molecular flexibility index (Phi) is 3.71. The maximum atomic E-state index is 12.5. The van der Waals surface area contributed by atoms with Crippen LogP contribution in [0.3, 0.4) is 0 Å². The van der Waals surface area contributed by atoms with E-state index < -0.39 is 0 Å². The van der Waals surface area contributed by atoms with E-state index in [1.165, 1.54) is 23.6 Å². The van der Waals surface area contributed by atoms with Crippen molar-refractivity contribution in [2.75, 3.05) is 7.11 Å². The third-order valence-electron chi connectivity index (χ3n) is 3.20. The second-order valence-corrected chi connectivity index (χ2v) is 5.82. The van der Waals surface area contributed by atoms with Crippen LogP contribution in [0.15, 0.2) is 67.7 Å². The Hall–Kier alpha value is -2.20. The lowest BCUT2D eigenvalue weighted by atomic mass is 10.2. The molecule has 0 amide bonds. The first-order chi connectivity index (χ1) is 10.2. The van der Waals surface area contributed by atoms with Crippen molar-refractivity contribution in [3.63, 3.8) is 0 Å². The molecule has 2 aromatic carbocycles. The molecule has 0 fully saturated rings. The summed E-state index contributed by atoms with van der Waals surface area (Å²) >= 11 is 1.41. The van der Waals surface area contributed by atoms with Gasteiger partial charge in [0.2, 0.25) is 5.43 Å². The van der Waals surface area contributed by atoms with Crippen LogP contribution >= 0.6 is 11.8 Å². The molecule has 4 heteroatoms. The zero-order chi connectivity index (χ0) is 14.8. The van der Waals surface area contributed by atoms with Crippen molar-refractivity contribution in [3.05, 3.63) is 64.5 Å². The number of methoxy groups -OCH3 is 1. The van der Waals surface area contributed by atoms with Gasteiger partial charge in [0.1, 0.15) is 17.6 Å². The van der Waals surface area contributed by atoms with Crippen LogP contribution in [0.2, 0.25) is 0 Å². The fraction of sp³-hybridized carbons (Fsp3) is 0.118. The van der Waals surface area contributed by atoms with Gasteiger partial charge in [0.25, 0.3) is 0 Å². The van der Waals surface area contributed by atoms with Gasteiger partial charge in [0, 0.05) is 11.0 Å². The maximum absolute atomic E-state index is 12.5. The van der Waals surface area contributed by atoms with Gasteiger partial charge in [-0.1, -0.05) is 29.5 Å². The number of benzene rings is 2. The molecular weight excluding hydrogens is 284 g/mol. The summed E-state index contributed by atoms with van der Waals surface area (Å²) in [4.78, 5) is 14.1. The molecule has 21 heavy (non-hydrogen) atoms. The van der Waals surface area contributed by atoms with E-state index in [0.717, 1.165) is 4.90 Å². The van der Waals surface area contributed by atoms with Crippen molar-refractivity contribution < 1.29 is 9.15 Å². The molecule has 0 spiro atoms. The van der Waals surface area contributed by atoms with Crippen molar-refractivity contribution in [1.82, 2.24) is 0 Å². The van der Waals surface area contributed by atoms with Gasteiger partial charge >= 0.3 is 0 Å². The molecule has 3 nitrogen and oxygen atoms in total. The van der Waals surface area contributed by atoms with Gasteiger partial charge in [0.15, 0.2) is 0 Å². The van der Waals surface area contributed by atoms with E-state index in [1.54, 1.807) is 25.3 Å². The van der Waals surface area contributed by atoms with Crippen LogP contribution in [0.5, 0.6) is 5.75 Å². The van der Waals surface area contributed by atoms with Crippen LogP contribution in [-0.2, 0) is 0 Å². The zero-order valence-corrected chi connectivity index (χ0v) is 12.6. The molecule has 0 saturated heterocycles. The molecule has 1 heterocycles. The quantitative estimate of drug-likeness (QED) is 0.724. The molecule has 0 aliphatic rings. The van der Waals surface area contributed by atoms with Crippen LogP contribution in [0.4, 0.5) is 0 Å². The van der Waals surface area contributed by atoms with E-state index in [1.807, 2.05) is 31.2 Å². The third kappa shape index (κ3) is 2.81. The van der Waals surface area contributed by atoms with Gasteiger partial charge in [-0.05, 0) is 31.2 Å². The lowest BCUT2D eigenvalue weighted by Crippen LogP contribution is -2.03. The van der Waals surface area contributed by atoms with E-state index in [9.17, 15) is 4.79 Å². The van der Waals surface area contributed by atoms with E-state index in [0.29, 0.717) is 21.6 Å². The topological polar surface area (TPSA) is 39.4 Å². The highest BCUT2D eigenvalue weighted by atomic mass is 32.2. The van der Waals surface area contributed by atoms with Gasteiger partial charge in [-0.15, -0.1) is 0 Å². The summed E-state index contributed by atoms with van der Waals surface area (Å²) in [5, 5.41) is 0.563. The molecule has 0 N–H and O–H groups in total. The van der Waals surface area contributed by atoms with Gasteiger partial charge in [0.05, 0.1) is 17.4 Å². The van der Waals surface area contributed by atoms with Crippen LogP contribution in [-0.4, -0.2) is 7.11 Å². The van der Waals surface area contributed by atoms with Crippen LogP contribution in [0, 0.1) is 6.92 Å². The van der Waals surface area contributed by atoms with Gasteiger partial charge in [-0.3, -0.25) is 4.79 Å². The summed E-state index contributed by atoms with van der Waals surface area (Å²) in [5.74, 6) is 0.671. The summed E-state index contributed by atoms with van der Waals surface area (Å²) < 4.78 is 10.7. The van der Waals surface area contributed by atoms with Crippen LogP contribution in [0.1, 0.15) is 5.56 Å². The summed E-state index contributed by atoms with van der Waals surface area (Å²) in [6, 6.07) is 13.3. The highest BCUT2D eigenvalue weighted by molar-refractivity contribution is 7.99. The Bertz CT molecular complexity index is 835. The summed E-state index contributed by atoms with van der Waals surface area (Å²) in [7, 11) is 1.58. The minimum Gasteiger partial charge on any atom is -0.497 e. The summed E-state index contributed by atoms with van der Waals surface area (Å²) in [5.41, 5.74) is 1.70. The largest absolute Gasteiger partial charge is 0.497 e. The molecule has 3 rings (SSSR count). The Morgan fingerprint density at radius 1 is 1.10 bits per heavy atom. The molecule has 0 bridgehead atoms. The maximum Gasteiger partial charge on any atom is 0.206 e. The van der Waals surface area contributed by atoms with E-state index in [4.69, 9.17) is 9.15 Å². The minimum atomic E-state index is -0.0236. The number of ether oxygens (including phenoxy) is 1. The summed E-state index contributed by atoms with van der Waals surface area (Å²) in [6.07, 6.45) is 1.51. The Labute approximate surface area is 126 Å². The molecule has 0 atom stereocenters. The standard InChI is InChI=1S/C17H14O3S/c1-11-3-6-13(7-4-11)21-16-10-20-15-9-12(19-2)5-8-14(15)17(16)18/h3-10H,1-2H3. The zero-order valence-electron chi connectivity index (χ0n) is 11.8. The van der Waals surface area contributed by atoms with Gasteiger partial charge < -0.3 is 9.15 Å². The SMILES string of the molecule is COc1ccc2c(=O)c(Sc3ccc(C)cc3)coc2c1. The Morgan fingerprint density at radius 3 is 2.57 bits per heavy atom. The van der Waals surface area contributed by atoms with Crippen molar-refractivity contribution in [3.8, 4) is 5.75 Å². The number of hydrogen-bond acceptors (Lipinski definition) is 4. The van der Waals surface area contributed by atoms with Crippen molar-refractivity contribution in [2.45, 2.75) is 16.7 Å². The third-order valence-corrected chi connectivity index (χ3v) is 4.21. The van der Waals surface area contributed by atoms with Crippen LogP contribution < -0.4 is 10.2 Å². The Balaban J connectivity index is 2.02. The number of rotatable bonds is 3. The lowest BCUT2D eigenvalue weighted by molar-refractivity contribution is 0.414. The molecule has 0 radical (unpaired) electrons. The molecule has 0 unspecified atom stereocenters. The van der Waals surface area contributed by atoms with Crippen molar-refractivity contribution >= 4 is 22.7 Å². The lowest BCUT2D eigenvalue weighted by Gasteiger charge is -2.04. The van der Waals surface area contributed by atoms with E-state index in [2.05, 4.69) is 0 Å². The normalized spacial score (nSPS) is 10.8. The highest BCUT2D eigenvalue weighted by Gasteiger charge is 2.09. The average molecular weight is 298 g/mol. The Morgan fingerprint density at radius 2 is 1.86 bits per heavy atom. The second kappa shape index (κ2) is 5.66. The molecule has 0 saturated carbocycles. The molecule has 0 aliphatic carbocycles. The predicted molar refractivity (Wildman–Crippen MR) is 84.3 cm³/mol. The first-order valence-electron chi connectivity index (χ1n) is 6.51. The first kappa shape index (κ1) is 13.8. The van der Waals surface area contributed by atoms with E-state index >= 15 is 0 Å². The second-order valence-electron chi connectivity index (χ2n) is 4.71. The number of hydrogen-bond donors (Lipinski definition) is 0. The fourth-order valence-corrected chi connectivity index (χ4v) is 2.85. The molecular formula is C17H14O3S. The van der Waals surface area contributed by atoms with Gasteiger partial charge in [-0.25, -0.2) is 0 Å². The fourth-order valence-electron chi connectivity index (χ4n) is 2.02. The smallest absolute Gasteiger partial charge is 0.206 e. The van der Waals surface area contributed by atoms with Gasteiger partial charge in [-0.2, -0.15) is 0 Å². The molecule has 0 aliphatic heterocycles. The monoisotopic (exact) mass is 298 g/mol.